The van der Waals surface area contributed by atoms with E-state index in [0.717, 1.165) is 0 Å². The fraction of sp³-hybridized carbons (Fsp3) is 0.400. The molecule has 1 fully saturated rings. The van der Waals surface area contributed by atoms with Crippen molar-refractivity contribution in [1.29, 1.82) is 0 Å². The highest BCUT2D eigenvalue weighted by molar-refractivity contribution is 5.97. The lowest BCUT2D eigenvalue weighted by molar-refractivity contribution is 0.0591. The monoisotopic (exact) mass is 373 g/mol. The number of hydrogen-bond donors (Lipinski definition) is 0. The Bertz CT molecular complexity index is 867. The Labute approximate surface area is 157 Å². The summed E-state index contributed by atoms with van der Waals surface area (Å²) < 4.78 is 21.3. The zero-order valence-electron chi connectivity index (χ0n) is 15.7. The number of ether oxygens (including phenoxy) is 3. The van der Waals surface area contributed by atoms with Crippen LogP contribution in [0.5, 0.6) is 17.2 Å². The smallest absolute Gasteiger partial charge is 0.339 e. The van der Waals surface area contributed by atoms with Crippen LogP contribution in [0.15, 0.2) is 39.5 Å². The average molecular weight is 373 g/mol. The van der Waals surface area contributed by atoms with Crippen molar-refractivity contribution in [3.05, 3.63) is 52.1 Å². The van der Waals surface area contributed by atoms with Gasteiger partial charge >= 0.3 is 5.63 Å². The summed E-state index contributed by atoms with van der Waals surface area (Å²) in [4.78, 5) is 26.1. The molecule has 1 aromatic heterocycles. The number of aryl methyl sites for hydroxylation is 1. The summed E-state index contributed by atoms with van der Waals surface area (Å²) in [6, 6.07) is 8.20. The Morgan fingerprint density at radius 2 is 1.81 bits per heavy atom. The first-order chi connectivity index (χ1) is 13.0. The summed E-state index contributed by atoms with van der Waals surface area (Å²) in [6.07, 6.45) is 1.32. The zero-order chi connectivity index (χ0) is 19.4. The summed E-state index contributed by atoms with van der Waals surface area (Å²) in [5.41, 5.74) is 0.0816. The second-order valence-electron chi connectivity index (χ2n) is 6.40. The van der Waals surface area contributed by atoms with E-state index in [0.29, 0.717) is 54.5 Å². The van der Waals surface area contributed by atoms with Gasteiger partial charge in [0.25, 0.3) is 5.91 Å². The molecule has 0 saturated carbocycles. The molecular formula is C20H23NO6. The molecule has 0 bridgehead atoms. The number of likely N-dealkylation sites (tertiary alicyclic amines) is 1. The van der Waals surface area contributed by atoms with Crippen LogP contribution in [-0.4, -0.2) is 44.2 Å². The van der Waals surface area contributed by atoms with Gasteiger partial charge in [-0.05, 0) is 19.1 Å². The summed E-state index contributed by atoms with van der Waals surface area (Å²) in [5.74, 6) is 2.06. The first-order valence-electron chi connectivity index (χ1n) is 8.80. The lowest BCUT2D eigenvalue weighted by Crippen LogP contribution is -2.42. The molecule has 0 radical (unpaired) electrons. The van der Waals surface area contributed by atoms with Crippen molar-refractivity contribution >= 4 is 5.91 Å². The molecule has 7 heteroatoms. The Kier molecular flexibility index (Phi) is 5.69. The Morgan fingerprint density at radius 3 is 2.44 bits per heavy atom. The number of carbonyl (C=O) groups excluding carboxylic acids is 1. The molecule has 2 heterocycles. The molecule has 0 aliphatic carbocycles. The van der Waals surface area contributed by atoms with Gasteiger partial charge in [0.05, 0.1) is 25.8 Å². The van der Waals surface area contributed by atoms with Crippen molar-refractivity contribution in [3.63, 3.8) is 0 Å². The van der Waals surface area contributed by atoms with Gasteiger partial charge in [-0.25, -0.2) is 4.79 Å². The minimum absolute atomic E-state index is 0.0481. The number of carbonyl (C=O) groups is 1. The number of rotatable bonds is 5. The van der Waals surface area contributed by atoms with Gasteiger partial charge in [0.1, 0.15) is 29.1 Å². The molecule has 1 aliphatic heterocycles. The van der Waals surface area contributed by atoms with Crippen LogP contribution in [0.3, 0.4) is 0 Å². The molecule has 1 amide bonds. The topological polar surface area (TPSA) is 78.2 Å². The molecule has 144 valence electrons. The molecule has 2 aromatic rings. The highest BCUT2D eigenvalue weighted by Crippen LogP contribution is 2.27. The predicted molar refractivity (Wildman–Crippen MR) is 98.8 cm³/mol. The highest BCUT2D eigenvalue weighted by atomic mass is 16.5. The summed E-state index contributed by atoms with van der Waals surface area (Å²) >= 11 is 0. The van der Waals surface area contributed by atoms with Crippen LogP contribution in [0.1, 0.15) is 29.0 Å². The van der Waals surface area contributed by atoms with Gasteiger partial charge in [-0.1, -0.05) is 0 Å². The van der Waals surface area contributed by atoms with E-state index < -0.39 is 5.63 Å². The molecule has 7 nitrogen and oxygen atoms in total. The molecule has 0 spiro atoms. The number of amides is 1. The van der Waals surface area contributed by atoms with Crippen LogP contribution in [0.25, 0.3) is 0 Å². The third kappa shape index (κ3) is 4.42. The molecular weight excluding hydrogens is 350 g/mol. The van der Waals surface area contributed by atoms with Crippen LogP contribution >= 0.6 is 0 Å². The number of benzene rings is 1. The Morgan fingerprint density at radius 1 is 1.07 bits per heavy atom. The maximum Gasteiger partial charge on any atom is 0.339 e. The van der Waals surface area contributed by atoms with Crippen LogP contribution in [0.4, 0.5) is 0 Å². The molecule has 0 N–H and O–H groups in total. The zero-order valence-corrected chi connectivity index (χ0v) is 15.7. The van der Waals surface area contributed by atoms with Gasteiger partial charge in [-0.15, -0.1) is 0 Å². The third-order valence-corrected chi connectivity index (χ3v) is 4.54. The molecule has 1 saturated heterocycles. The highest BCUT2D eigenvalue weighted by Gasteiger charge is 2.26. The van der Waals surface area contributed by atoms with Crippen molar-refractivity contribution in [2.45, 2.75) is 25.9 Å². The average Bonchev–Trinajstić information content (AvgIpc) is 2.66. The summed E-state index contributed by atoms with van der Waals surface area (Å²) in [5, 5.41) is 0. The standard InChI is InChI=1S/C20H23NO6/c1-13-10-16(12-19(22)26-13)27-14-6-8-21(9-7-14)20(23)17-5-4-15(24-2)11-18(17)25-3/h4-5,10-12,14H,6-9H2,1-3H3. The summed E-state index contributed by atoms with van der Waals surface area (Å²) in [6.45, 7) is 2.84. The molecule has 1 aromatic carbocycles. The number of piperidine rings is 1. The number of nitrogens with zero attached hydrogens (tertiary/aromatic N) is 1. The quantitative estimate of drug-likeness (QED) is 0.802. The minimum Gasteiger partial charge on any atom is -0.497 e. The van der Waals surface area contributed by atoms with Gasteiger partial charge in [0.2, 0.25) is 0 Å². The molecule has 0 unspecified atom stereocenters. The van der Waals surface area contributed by atoms with E-state index in [-0.39, 0.29) is 12.0 Å². The van der Waals surface area contributed by atoms with Crippen LogP contribution in [0.2, 0.25) is 0 Å². The van der Waals surface area contributed by atoms with E-state index in [1.807, 2.05) is 0 Å². The van der Waals surface area contributed by atoms with E-state index in [9.17, 15) is 9.59 Å². The SMILES string of the molecule is COc1ccc(C(=O)N2CCC(Oc3cc(C)oc(=O)c3)CC2)c(OC)c1. The van der Waals surface area contributed by atoms with Gasteiger partial charge in [0, 0.05) is 38.1 Å². The van der Waals surface area contributed by atoms with Crippen molar-refractivity contribution in [1.82, 2.24) is 4.90 Å². The second-order valence-corrected chi connectivity index (χ2v) is 6.40. The molecule has 3 rings (SSSR count). The molecule has 0 atom stereocenters. The van der Waals surface area contributed by atoms with Gasteiger partial charge in [-0.2, -0.15) is 0 Å². The maximum atomic E-state index is 12.8. The second kappa shape index (κ2) is 8.16. The molecule has 27 heavy (non-hydrogen) atoms. The largest absolute Gasteiger partial charge is 0.497 e. The summed E-state index contributed by atoms with van der Waals surface area (Å²) in [7, 11) is 3.10. The minimum atomic E-state index is -0.427. The van der Waals surface area contributed by atoms with Gasteiger partial charge in [-0.3, -0.25) is 4.79 Å². The van der Waals surface area contributed by atoms with Crippen molar-refractivity contribution in [2.75, 3.05) is 27.3 Å². The number of methoxy groups -OCH3 is 2. The van der Waals surface area contributed by atoms with Crippen molar-refractivity contribution < 1.29 is 23.4 Å². The fourth-order valence-corrected chi connectivity index (χ4v) is 3.16. The number of hydrogen-bond acceptors (Lipinski definition) is 6. The van der Waals surface area contributed by atoms with Crippen LogP contribution in [-0.2, 0) is 0 Å². The van der Waals surface area contributed by atoms with Crippen LogP contribution in [0, 0.1) is 6.92 Å². The Balaban J connectivity index is 1.63. The van der Waals surface area contributed by atoms with Gasteiger partial charge < -0.3 is 23.5 Å². The fourth-order valence-electron chi connectivity index (χ4n) is 3.16. The third-order valence-electron chi connectivity index (χ3n) is 4.54. The Hall–Kier alpha value is -2.96. The van der Waals surface area contributed by atoms with E-state index >= 15 is 0 Å². The lowest BCUT2D eigenvalue weighted by atomic mass is 10.1. The molecule has 1 aliphatic rings. The first kappa shape index (κ1) is 18.8. The van der Waals surface area contributed by atoms with Gasteiger partial charge in [0.15, 0.2) is 0 Å². The first-order valence-corrected chi connectivity index (χ1v) is 8.80. The van der Waals surface area contributed by atoms with E-state index in [1.165, 1.54) is 13.2 Å². The van der Waals surface area contributed by atoms with E-state index in [4.69, 9.17) is 18.6 Å². The van der Waals surface area contributed by atoms with Crippen LogP contribution < -0.4 is 19.8 Å². The maximum absolute atomic E-state index is 12.8. The van der Waals surface area contributed by atoms with E-state index in [1.54, 1.807) is 43.2 Å². The van der Waals surface area contributed by atoms with Crippen molar-refractivity contribution in [3.8, 4) is 17.2 Å². The predicted octanol–water partition coefficient (Wildman–Crippen LogP) is 2.65. The lowest BCUT2D eigenvalue weighted by Gasteiger charge is -2.32. The van der Waals surface area contributed by atoms with Crippen molar-refractivity contribution in [2.24, 2.45) is 0 Å². The normalized spacial score (nSPS) is 14.7. The van der Waals surface area contributed by atoms with E-state index in [2.05, 4.69) is 0 Å².